The van der Waals surface area contributed by atoms with E-state index in [2.05, 4.69) is 0 Å². The number of carboxylic acids is 1. The molecule has 6 nitrogen and oxygen atoms in total. The molecule has 1 saturated heterocycles. The van der Waals surface area contributed by atoms with Crippen LogP contribution in [0.2, 0.25) is 0 Å². The topological polar surface area (TPSA) is 70.1 Å². The Morgan fingerprint density at radius 3 is 2.58 bits per heavy atom. The maximum Gasteiger partial charge on any atom is 0.410 e. The Morgan fingerprint density at radius 2 is 1.96 bits per heavy atom. The van der Waals surface area contributed by atoms with Crippen molar-refractivity contribution in [3.8, 4) is 0 Å². The lowest BCUT2D eigenvalue weighted by Crippen LogP contribution is -2.55. The maximum absolute atomic E-state index is 13.7. The number of rotatable bonds is 3. The first-order valence-electron chi connectivity index (χ1n) is 7.89. The summed E-state index contributed by atoms with van der Waals surface area (Å²) in [7, 11) is 0. The first-order valence-corrected chi connectivity index (χ1v) is 7.89. The predicted octanol–water partition coefficient (Wildman–Crippen LogP) is 2.73. The van der Waals surface area contributed by atoms with Crippen molar-refractivity contribution in [2.45, 2.75) is 38.8 Å². The van der Waals surface area contributed by atoms with Crippen molar-refractivity contribution in [1.82, 2.24) is 10.0 Å². The Labute approximate surface area is 140 Å². The minimum atomic E-state index is -1.04. The molecule has 1 aliphatic rings. The Morgan fingerprint density at radius 1 is 1.29 bits per heavy atom. The highest BCUT2D eigenvalue weighted by Gasteiger charge is 2.34. The number of carboxylic acid groups (broad SMARTS) is 1. The van der Waals surface area contributed by atoms with Crippen LogP contribution in [0.3, 0.4) is 0 Å². The molecule has 0 aliphatic carbocycles. The molecule has 0 saturated carbocycles. The minimum Gasteiger partial charge on any atom is -0.478 e. The van der Waals surface area contributed by atoms with Crippen molar-refractivity contribution in [3.05, 3.63) is 35.4 Å². The molecule has 1 N–H and O–H groups in total. The SMILES string of the molecule is CC(C)(C)OC(=O)N1CCN(F)CC1Cc1ccccc1C(=O)O. The number of halogens is 1. The van der Waals surface area contributed by atoms with Crippen LogP contribution in [0.15, 0.2) is 24.3 Å². The third kappa shape index (κ3) is 4.67. The summed E-state index contributed by atoms with van der Waals surface area (Å²) >= 11 is 0. The molecule has 1 unspecified atom stereocenters. The molecule has 7 heteroatoms. The van der Waals surface area contributed by atoms with E-state index in [0.717, 1.165) is 0 Å². The van der Waals surface area contributed by atoms with Gasteiger partial charge >= 0.3 is 12.1 Å². The second kappa shape index (κ2) is 7.17. The van der Waals surface area contributed by atoms with Crippen molar-refractivity contribution < 1.29 is 23.9 Å². The number of benzene rings is 1. The summed E-state index contributed by atoms with van der Waals surface area (Å²) in [6.07, 6.45) is -0.254. The zero-order valence-corrected chi connectivity index (χ0v) is 14.2. The zero-order valence-electron chi connectivity index (χ0n) is 14.2. The summed E-state index contributed by atoms with van der Waals surface area (Å²) in [5, 5.41) is 9.93. The van der Waals surface area contributed by atoms with E-state index in [9.17, 15) is 19.2 Å². The number of piperazine rings is 1. The largest absolute Gasteiger partial charge is 0.478 e. The molecule has 1 aliphatic heterocycles. The maximum atomic E-state index is 13.7. The number of carbonyl (C=O) groups excluding carboxylic acids is 1. The highest BCUT2D eigenvalue weighted by Crippen LogP contribution is 2.21. The summed E-state index contributed by atoms with van der Waals surface area (Å²) in [6.45, 7) is 5.63. The van der Waals surface area contributed by atoms with Crippen molar-refractivity contribution in [3.63, 3.8) is 0 Å². The Bertz CT molecular complexity index is 615. The fourth-order valence-electron chi connectivity index (χ4n) is 2.71. The van der Waals surface area contributed by atoms with Gasteiger partial charge in [0.1, 0.15) is 5.60 Å². The van der Waals surface area contributed by atoms with Gasteiger partial charge < -0.3 is 14.7 Å². The Hall–Kier alpha value is -2.15. The summed E-state index contributed by atoms with van der Waals surface area (Å²) in [6, 6.07) is 6.08. The number of aromatic carboxylic acids is 1. The van der Waals surface area contributed by atoms with E-state index in [0.29, 0.717) is 10.7 Å². The van der Waals surface area contributed by atoms with Gasteiger partial charge in [0.25, 0.3) is 0 Å². The van der Waals surface area contributed by atoms with Crippen LogP contribution in [0.4, 0.5) is 9.28 Å². The van der Waals surface area contributed by atoms with Gasteiger partial charge in [-0.1, -0.05) is 18.2 Å². The molecule has 1 heterocycles. The number of amides is 1. The molecule has 1 atom stereocenters. The molecule has 2 rings (SSSR count). The molecule has 24 heavy (non-hydrogen) atoms. The third-order valence-electron chi connectivity index (χ3n) is 3.76. The highest BCUT2D eigenvalue weighted by molar-refractivity contribution is 5.89. The van der Waals surface area contributed by atoms with Gasteiger partial charge in [0.15, 0.2) is 0 Å². The first kappa shape index (κ1) is 18.2. The van der Waals surface area contributed by atoms with Crippen LogP contribution in [0.1, 0.15) is 36.7 Å². The smallest absolute Gasteiger partial charge is 0.410 e. The summed E-state index contributed by atoms with van der Waals surface area (Å²) in [5.74, 6) is -1.04. The van der Waals surface area contributed by atoms with E-state index in [1.54, 1.807) is 39.0 Å². The van der Waals surface area contributed by atoms with Crippen LogP contribution in [0.25, 0.3) is 0 Å². The van der Waals surface area contributed by atoms with Crippen molar-refractivity contribution in [1.29, 1.82) is 0 Å². The molecule has 1 aromatic rings. The minimum absolute atomic E-state index is 0.0210. The van der Waals surface area contributed by atoms with Gasteiger partial charge in [-0.25, -0.2) is 9.59 Å². The van der Waals surface area contributed by atoms with Crippen molar-refractivity contribution >= 4 is 12.1 Å². The van der Waals surface area contributed by atoms with Gasteiger partial charge in [-0.3, -0.25) is 0 Å². The molecule has 1 fully saturated rings. The summed E-state index contributed by atoms with van der Waals surface area (Å²) in [4.78, 5) is 25.2. The second-order valence-electron chi connectivity index (χ2n) is 6.86. The van der Waals surface area contributed by atoms with E-state index in [4.69, 9.17) is 4.74 Å². The van der Waals surface area contributed by atoms with Crippen LogP contribution in [0.5, 0.6) is 0 Å². The fraction of sp³-hybridized carbons (Fsp3) is 0.529. The van der Waals surface area contributed by atoms with Gasteiger partial charge in [-0.05, 0) is 38.8 Å². The molecule has 0 bridgehead atoms. The average molecular weight is 338 g/mol. The van der Waals surface area contributed by atoms with Crippen molar-refractivity contribution in [2.75, 3.05) is 19.6 Å². The molecule has 0 spiro atoms. The van der Waals surface area contributed by atoms with Crippen LogP contribution in [-0.2, 0) is 11.2 Å². The van der Waals surface area contributed by atoms with Gasteiger partial charge in [-0.2, -0.15) is 0 Å². The van der Waals surface area contributed by atoms with Crippen molar-refractivity contribution in [2.24, 2.45) is 0 Å². The van der Waals surface area contributed by atoms with Crippen LogP contribution in [0, 0.1) is 0 Å². The monoisotopic (exact) mass is 338 g/mol. The second-order valence-corrected chi connectivity index (χ2v) is 6.86. The van der Waals surface area contributed by atoms with E-state index in [-0.39, 0.29) is 31.6 Å². The number of carbonyl (C=O) groups is 2. The van der Waals surface area contributed by atoms with Gasteiger partial charge in [0.2, 0.25) is 0 Å². The van der Waals surface area contributed by atoms with Crippen LogP contribution < -0.4 is 0 Å². The molecule has 0 aromatic heterocycles. The number of hydrogen-bond acceptors (Lipinski definition) is 4. The third-order valence-corrected chi connectivity index (χ3v) is 3.76. The Kier molecular flexibility index (Phi) is 5.43. The number of hydrogen-bond donors (Lipinski definition) is 1. The summed E-state index contributed by atoms with van der Waals surface area (Å²) in [5.41, 5.74) is 0.0875. The number of nitrogens with zero attached hydrogens (tertiary/aromatic N) is 2. The molecule has 1 aromatic carbocycles. The normalized spacial score (nSPS) is 19.2. The van der Waals surface area contributed by atoms with E-state index >= 15 is 0 Å². The average Bonchev–Trinajstić information content (AvgIpc) is 2.45. The van der Waals surface area contributed by atoms with Gasteiger partial charge in [0.05, 0.1) is 18.2 Å². The lowest BCUT2D eigenvalue weighted by atomic mass is 9.98. The quantitative estimate of drug-likeness (QED) is 0.858. The molecule has 1 amide bonds. The molecule has 0 radical (unpaired) electrons. The van der Waals surface area contributed by atoms with E-state index in [1.165, 1.54) is 11.0 Å². The standard InChI is InChI=1S/C17H23FN2O4/c1-17(2,3)24-16(23)20-9-8-19(18)11-13(20)10-12-6-4-5-7-14(12)15(21)22/h4-7,13H,8-11H2,1-3H3,(H,21,22). The molecule has 132 valence electrons. The van der Waals surface area contributed by atoms with Crippen LogP contribution in [-0.4, -0.2) is 58.5 Å². The fourth-order valence-corrected chi connectivity index (χ4v) is 2.71. The number of ether oxygens (including phenoxy) is 1. The highest BCUT2D eigenvalue weighted by atomic mass is 19.2. The molecular formula is C17H23FN2O4. The zero-order chi connectivity index (χ0) is 17.9. The van der Waals surface area contributed by atoms with Crippen LogP contribution >= 0.6 is 0 Å². The summed E-state index contributed by atoms with van der Waals surface area (Å²) < 4.78 is 19.1. The lowest BCUT2D eigenvalue weighted by Gasteiger charge is -2.38. The Balaban J connectivity index is 2.21. The lowest BCUT2D eigenvalue weighted by molar-refractivity contribution is -0.0562. The van der Waals surface area contributed by atoms with E-state index < -0.39 is 23.7 Å². The predicted molar refractivity (Wildman–Crippen MR) is 86.5 cm³/mol. The first-order chi connectivity index (χ1) is 11.2. The molecular weight excluding hydrogens is 315 g/mol. The van der Waals surface area contributed by atoms with E-state index in [1.807, 2.05) is 0 Å². The van der Waals surface area contributed by atoms with Gasteiger partial charge in [0, 0.05) is 13.1 Å². The van der Waals surface area contributed by atoms with Gasteiger partial charge in [-0.15, -0.1) is 9.60 Å².